The Morgan fingerprint density at radius 2 is 1.81 bits per heavy atom. The molecule has 0 radical (unpaired) electrons. The highest BCUT2D eigenvalue weighted by Crippen LogP contribution is 2.28. The minimum Gasteiger partial charge on any atom is -0.493 e. The monoisotopic (exact) mass is 442 g/mol. The van der Waals surface area contributed by atoms with Crippen molar-refractivity contribution in [1.82, 2.24) is 0 Å². The number of carbonyl (C=O) groups is 2. The highest BCUT2D eigenvalue weighted by atomic mass is 16.5. The molecule has 1 aliphatic rings. The summed E-state index contributed by atoms with van der Waals surface area (Å²) in [7, 11) is 1.51. The zero-order chi connectivity index (χ0) is 22.8. The third-order valence-corrected chi connectivity index (χ3v) is 5.02. The molecule has 1 saturated heterocycles. The van der Waals surface area contributed by atoms with Crippen molar-refractivity contribution in [3.05, 3.63) is 48.0 Å². The molecular formula is C24H30N2O6. The van der Waals surface area contributed by atoms with Gasteiger partial charge in [-0.15, -0.1) is 0 Å². The first-order chi connectivity index (χ1) is 15.6. The number of esters is 1. The predicted octanol–water partition coefficient (Wildman–Crippen LogP) is 3.51. The van der Waals surface area contributed by atoms with Gasteiger partial charge in [-0.05, 0) is 48.9 Å². The Balaban J connectivity index is 1.49. The molecule has 0 aromatic heterocycles. The second-order valence-electron chi connectivity index (χ2n) is 7.34. The Labute approximate surface area is 188 Å². The van der Waals surface area contributed by atoms with Crippen LogP contribution in [-0.4, -0.2) is 58.5 Å². The number of rotatable bonds is 10. The predicted molar refractivity (Wildman–Crippen MR) is 122 cm³/mol. The fourth-order valence-electron chi connectivity index (χ4n) is 3.23. The lowest BCUT2D eigenvalue weighted by atomic mass is 10.2. The Hall–Kier alpha value is -3.26. The first-order valence-electron chi connectivity index (χ1n) is 10.8. The number of nitrogens with zero attached hydrogens (tertiary/aromatic N) is 1. The molecule has 2 aromatic rings. The van der Waals surface area contributed by atoms with Crippen molar-refractivity contribution in [2.24, 2.45) is 0 Å². The topological polar surface area (TPSA) is 86.3 Å². The lowest BCUT2D eigenvalue weighted by Crippen LogP contribution is -2.36. The number of nitrogens with one attached hydrogen (secondary N) is 1. The number of amides is 1. The van der Waals surface area contributed by atoms with Gasteiger partial charge < -0.3 is 29.2 Å². The second kappa shape index (κ2) is 12.0. The highest BCUT2D eigenvalue weighted by molar-refractivity contribution is 5.95. The Morgan fingerprint density at radius 1 is 1.06 bits per heavy atom. The number of hydrogen-bond donors (Lipinski definition) is 1. The first-order valence-corrected chi connectivity index (χ1v) is 10.8. The molecule has 1 aliphatic heterocycles. The van der Waals surface area contributed by atoms with Gasteiger partial charge in [0.2, 0.25) is 0 Å². The van der Waals surface area contributed by atoms with Crippen LogP contribution < -0.4 is 19.7 Å². The number of morpholine rings is 1. The second-order valence-corrected chi connectivity index (χ2v) is 7.34. The Bertz CT molecular complexity index is 894. The van der Waals surface area contributed by atoms with Crippen LogP contribution in [0.2, 0.25) is 0 Å². The molecule has 32 heavy (non-hydrogen) atoms. The quantitative estimate of drug-likeness (QED) is 0.445. The van der Waals surface area contributed by atoms with Crippen molar-refractivity contribution in [2.45, 2.75) is 19.8 Å². The van der Waals surface area contributed by atoms with Gasteiger partial charge in [-0.2, -0.15) is 0 Å². The van der Waals surface area contributed by atoms with Crippen LogP contribution in [0.1, 0.15) is 30.1 Å². The molecule has 8 nitrogen and oxygen atoms in total. The summed E-state index contributed by atoms with van der Waals surface area (Å²) in [6.45, 7) is 5.38. The van der Waals surface area contributed by atoms with Crippen molar-refractivity contribution < 1.29 is 28.5 Å². The van der Waals surface area contributed by atoms with Gasteiger partial charge >= 0.3 is 5.97 Å². The van der Waals surface area contributed by atoms with E-state index in [0.717, 1.165) is 31.6 Å². The van der Waals surface area contributed by atoms with Gasteiger partial charge in [-0.25, -0.2) is 4.79 Å². The maximum atomic E-state index is 12.3. The van der Waals surface area contributed by atoms with Crippen molar-refractivity contribution >= 4 is 23.3 Å². The van der Waals surface area contributed by atoms with E-state index in [-0.39, 0.29) is 12.2 Å². The molecule has 1 amide bonds. The zero-order valence-electron chi connectivity index (χ0n) is 18.6. The zero-order valence-corrected chi connectivity index (χ0v) is 18.6. The van der Waals surface area contributed by atoms with Gasteiger partial charge in [0, 0.05) is 24.5 Å². The van der Waals surface area contributed by atoms with Crippen LogP contribution in [0, 0.1) is 0 Å². The van der Waals surface area contributed by atoms with Gasteiger partial charge in [0.15, 0.2) is 18.1 Å². The van der Waals surface area contributed by atoms with Crippen molar-refractivity contribution in [1.29, 1.82) is 0 Å². The third kappa shape index (κ3) is 6.62. The summed E-state index contributed by atoms with van der Waals surface area (Å²) < 4.78 is 21.5. The van der Waals surface area contributed by atoms with Crippen LogP contribution in [0.25, 0.3) is 0 Å². The Morgan fingerprint density at radius 3 is 2.50 bits per heavy atom. The number of carbonyl (C=O) groups excluding carboxylic acids is 2. The molecular weight excluding hydrogens is 412 g/mol. The molecule has 0 spiro atoms. The molecule has 2 aromatic carbocycles. The molecule has 3 rings (SSSR count). The average Bonchev–Trinajstić information content (AvgIpc) is 2.84. The minimum atomic E-state index is -0.610. The van der Waals surface area contributed by atoms with Crippen LogP contribution in [-0.2, 0) is 14.3 Å². The summed E-state index contributed by atoms with van der Waals surface area (Å²) in [6, 6.07) is 12.4. The minimum absolute atomic E-state index is 0.285. The van der Waals surface area contributed by atoms with Crippen LogP contribution in [0.15, 0.2) is 42.5 Å². The highest BCUT2D eigenvalue weighted by Gasteiger charge is 2.15. The SMILES string of the molecule is CCCCOc1ccc(C(=O)OCC(=O)Nc2ccc(N3CCOCC3)cc2)cc1OC. The molecule has 1 fully saturated rings. The molecule has 1 heterocycles. The van der Waals surface area contributed by atoms with Gasteiger partial charge in [0.25, 0.3) is 5.91 Å². The van der Waals surface area contributed by atoms with Gasteiger partial charge in [0.05, 0.1) is 32.5 Å². The summed E-state index contributed by atoms with van der Waals surface area (Å²) in [4.78, 5) is 26.8. The van der Waals surface area contributed by atoms with E-state index < -0.39 is 11.9 Å². The molecule has 1 N–H and O–H groups in total. The number of anilines is 2. The van der Waals surface area contributed by atoms with Crippen molar-refractivity contribution in [2.75, 3.05) is 56.8 Å². The molecule has 0 saturated carbocycles. The van der Waals surface area contributed by atoms with E-state index in [4.69, 9.17) is 18.9 Å². The number of ether oxygens (including phenoxy) is 4. The average molecular weight is 443 g/mol. The molecule has 0 aliphatic carbocycles. The summed E-state index contributed by atoms with van der Waals surface area (Å²) in [5.41, 5.74) is 2.00. The summed E-state index contributed by atoms with van der Waals surface area (Å²) >= 11 is 0. The lowest BCUT2D eigenvalue weighted by molar-refractivity contribution is -0.119. The number of unbranched alkanes of at least 4 members (excludes halogenated alkanes) is 1. The van der Waals surface area contributed by atoms with E-state index in [1.54, 1.807) is 18.2 Å². The van der Waals surface area contributed by atoms with Gasteiger partial charge in [-0.1, -0.05) is 13.3 Å². The van der Waals surface area contributed by atoms with E-state index in [1.165, 1.54) is 7.11 Å². The molecule has 0 unspecified atom stereocenters. The third-order valence-electron chi connectivity index (χ3n) is 5.02. The van der Waals surface area contributed by atoms with Crippen molar-refractivity contribution in [3.8, 4) is 11.5 Å². The lowest BCUT2D eigenvalue weighted by Gasteiger charge is -2.28. The Kier molecular flexibility index (Phi) is 8.74. The van der Waals surface area contributed by atoms with Gasteiger partial charge in [-0.3, -0.25) is 4.79 Å². The summed E-state index contributed by atoms with van der Waals surface area (Å²) in [6.07, 6.45) is 1.95. The smallest absolute Gasteiger partial charge is 0.338 e. The first kappa shape index (κ1) is 23.4. The van der Waals surface area contributed by atoms with Crippen LogP contribution in [0.5, 0.6) is 11.5 Å². The van der Waals surface area contributed by atoms with E-state index in [1.807, 2.05) is 24.3 Å². The summed E-state index contributed by atoms with van der Waals surface area (Å²) in [5, 5.41) is 2.74. The number of benzene rings is 2. The maximum absolute atomic E-state index is 12.3. The summed E-state index contributed by atoms with van der Waals surface area (Å²) in [5.74, 6) is -0.0127. The van der Waals surface area contributed by atoms with Crippen LogP contribution >= 0.6 is 0 Å². The standard InChI is InChI=1S/C24H30N2O6/c1-3-4-13-31-21-10-5-18(16-22(21)29-2)24(28)32-17-23(27)25-19-6-8-20(9-7-19)26-11-14-30-15-12-26/h5-10,16H,3-4,11-15,17H2,1-2H3,(H,25,27). The number of methoxy groups -OCH3 is 1. The normalized spacial score (nSPS) is 13.4. The molecule has 172 valence electrons. The van der Waals surface area contributed by atoms with E-state index in [2.05, 4.69) is 17.1 Å². The van der Waals surface area contributed by atoms with E-state index >= 15 is 0 Å². The van der Waals surface area contributed by atoms with E-state index in [0.29, 0.717) is 37.0 Å². The van der Waals surface area contributed by atoms with Crippen LogP contribution in [0.3, 0.4) is 0 Å². The van der Waals surface area contributed by atoms with Crippen LogP contribution in [0.4, 0.5) is 11.4 Å². The van der Waals surface area contributed by atoms with Gasteiger partial charge in [0.1, 0.15) is 0 Å². The molecule has 8 heteroatoms. The van der Waals surface area contributed by atoms with Crippen molar-refractivity contribution in [3.63, 3.8) is 0 Å². The van der Waals surface area contributed by atoms with E-state index in [9.17, 15) is 9.59 Å². The maximum Gasteiger partial charge on any atom is 0.338 e. The number of hydrogen-bond acceptors (Lipinski definition) is 7. The fraction of sp³-hybridized carbons (Fsp3) is 0.417. The largest absolute Gasteiger partial charge is 0.493 e. The molecule has 0 atom stereocenters. The molecule has 0 bridgehead atoms. The fourth-order valence-corrected chi connectivity index (χ4v) is 3.23.